The summed E-state index contributed by atoms with van der Waals surface area (Å²) in [6, 6.07) is 8.99. The molecule has 0 unspecified atom stereocenters. The average Bonchev–Trinajstić information content (AvgIpc) is 3.22. The number of hydrogen-bond acceptors (Lipinski definition) is 5. The number of urea groups is 1. The quantitative estimate of drug-likeness (QED) is 0.774. The lowest BCUT2D eigenvalue weighted by molar-refractivity contribution is -0.133. The van der Waals surface area contributed by atoms with Gasteiger partial charge in [0.1, 0.15) is 24.0 Å². The maximum absolute atomic E-state index is 13.1. The Bertz CT molecular complexity index is 880. The number of para-hydroxylation sites is 1. The van der Waals surface area contributed by atoms with Crippen molar-refractivity contribution in [3.63, 3.8) is 0 Å². The first-order valence-corrected chi connectivity index (χ1v) is 9.97. The predicted molar refractivity (Wildman–Crippen MR) is 102 cm³/mol. The minimum atomic E-state index is -0.971. The third kappa shape index (κ3) is 3.11. The third-order valence-electron chi connectivity index (χ3n) is 5.25. The van der Waals surface area contributed by atoms with Gasteiger partial charge >= 0.3 is 6.03 Å². The molecule has 1 saturated heterocycles. The Morgan fingerprint density at radius 1 is 1.33 bits per heavy atom. The number of thiophene rings is 1. The number of rotatable bonds is 5. The highest BCUT2D eigenvalue weighted by Gasteiger charge is 2.54. The largest absolute Gasteiger partial charge is 0.491 e. The highest BCUT2D eigenvalue weighted by atomic mass is 32.1. The van der Waals surface area contributed by atoms with E-state index in [9.17, 15) is 14.7 Å². The van der Waals surface area contributed by atoms with E-state index in [4.69, 9.17) is 4.74 Å². The lowest BCUT2D eigenvalue weighted by atomic mass is 9.80. The number of carbonyl (C=O) groups is 2. The Kier molecular flexibility index (Phi) is 4.65. The fourth-order valence-electron chi connectivity index (χ4n) is 3.87. The second-order valence-electron chi connectivity index (χ2n) is 7.09. The molecule has 2 heterocycles. The molecule has 1 aromatic heterocycles. The van der Waals surface area contributed by atoms with E-state index in [1.54, 1.807) is 11.3 Å². The highest BCUT2D eigenvalue weighted by Crippen LogP contribution is 2.42. The van der Waals surface area contributed by atoms with Gasteiger partial charge < -0.3 is 15.2 Å². The van der Waals surface area contributed by atoms with Crippen LogP contribution in [0.25, 0.3) is 0 Å². The average molecular weight is 386 g/mol. The van der Waals surface area contributed by atoms with Crippen LogP contribution in [0.3, 0.4) is 0 Å². The highest BCUT2D eigenvalue weighted by molar-refractivity contribution is 7.10. The molecule has 6 nitrogen and oxygen atoms in total. The van der Waals surface area contributed by atoms with Gasteiger partial charge in [0.2, 0.25) is 0 Å². The van der Waals surface area contributed by atoms with E-state index in [-0.39, 0.29) is 19.1 Å². The predicted octanol–water partition coefficient (Wildman–Crippen LogP) is 2.58. The van der Waals surface area contributed by atoms with Crippen molar-refractivity contribution in [3.05, 3.63) is 51.7 Å². The van der Waals surface area contributed by atoms with Crippen LogP contribution in [-0.2, 0) is 16.8 Å². The molecule has 1 aliphatic carbocycles. The Hall–Kier alpha value is -2.38. The minimum Gasteiger partial charge on any atom is -0.491 e. The number of β-amino-alcohol motifs (C(OH)–C–C–N with tert-alkyl or cyclic N) is 1. The normalized spacial score (nSPS) is 22.7. The summed E-state index contributed by atoms with van der Waals surface area (Å²) < 4.78 is 5.64. The van der Waals surface area contributed by atoms with Gasteiger partial charge in [-0.1, -0.05) is 18.2 Å². The fraction of sp³-hybridized carbons (Fsp3) is 0.400. The van der Waals surface area contributed by atoms with Crippen molar-refractivity contribution in [2.45, 2.75) is 37.8 Å². The number of hydrogen-bond donors (Lipinski definition) is 2. The van der Waals surface area contributed by atoms with Crippen LogP contribution in [0.2, 0.25) is 0 Å². The van der Waals surface area contributed by atoms with Gasteiger partial charge in [-0.3, -0.25) is 9.69 Å². The molecule has 0 saturated carbocycles. The monoisotopic (exact) mass is 386 g/mol. The fourth-order valence-corrected chi connectivity index (χ4v) is 4.87. The van der Waals surface area contributed by atoms with Gasteiger partial charge in [-0.2, -0.15) is 0 Å². The molecule has 27 heavy (non-hydrogen) atoms. The summed E-state index contributed by atoms with van der Waals surface area (Å²) in [5.41, 5.74) is 0.900. The summed E-state index contributed by atoms with van der Waals surface area (Å²) >= 11 is 1.62. The van der Waals surface area contributed by atoms with Gasteiger partial charge in [0.05, 0.1) is 6.54 Å². The van der Waals surface area contributed by atoms with Crippen LogP contribution in [0, 0.1) is 6.92 Å². The van der Waals surface area contributed by atoms with E-state index in [0.717, 1.165) is 33.7 Å². The second kappa shape index (κ2) is 6.98. The summed E-state index contributed by atoms with van der Waals surface area (Å²) in [6.45, 7) is 1.85. The van der Waals surface area contributed by atoms with Crippen LogP contribution in [0.15, 0.2) is 35.7 Å². The molecule has 1 aliphatic heterocycles. The van der Waals surface area contributed by atoms with Crippen molar-refractivity contribution in [1.82, 2.24) is 10.2 Å². The third-order valence-corrected chi connectivity index (χ3v) is 6.24. The van der Waals surface area contributed by atoms with Gasteiger partial charge in [0.25, 0.3) is 5.91 Å². The number of ether oxygens (including phenoxy) is 1. The number of aliphatic hydroxyl groups is 1. The molecule has 4 rings (SSSR count). The number of benzene rings is 1. The molecule has 1 aromatic carbocycles. The molecule has 1 fully saturated rings. The topological polar surface area (TPSA) is 78.9 Å². The summed E-state index contributed by atoms with van der Waals surface area (Å²) in [5.74, 6) is 0.405. The molecule has 2 aliphatic rings. The number of amides is 3. The van der Waals surface area contributed by atoms with Gasteiger partial charge in [-0.05, 0) is 49.3 Å². The van der Waals surface area contributed by atoms with Gasteiger partial charge in [0.15, 0.2) is 0 Å². The molecule has 1 spiro atoms. The van der Waals surface area contributed by atoms with E-state index >= 15 is 0 Å². The lowest BCUT2D eigenvalue weighted by Crippen LogP contribution is -2.46. The van der Waals surface area contributed by atoms with Crippen molar-refractivity contribution in [2.24, 2.45) is 0 Å². The number of aryl methyl sites for hydroxylation is 2. The molecule has 2 atom stereocenters. The van der Waals surface area contributed by atoms with E-state index in [0.29, 0.717) is 12.2 Å². The number of imide groups is 1. The lowest BCUT2D eigenvalue weighted by Gasteiger charge is -2.31. The summed E-state index contributed by atoms with van der Waals surface area (Å²) in [7, 11) is 0. The van der Waals surface area contributed by atoms with Crippen molar-refractivity contribution in [2.75, 3.05) is 13.2 Å². The summed E-state index contributed by atoms with van der Waals surface area (Å²) in [4.78, 5) is 27.9. The zero-order chi connectivity index (χ0) is 19.0. The molecular formula is C20H22N2O4S. The van der Waals surface area contributed by atoms with Crippen molar-refractivity contribution < 1.29 is 19.4 Å². The maximum Gasteiger partial charge on any atom is 0.325 e. The summed E-state index contributed by atoms with van der Waals surface area (Å²) in [6.07, 6.45) is 1.42. The van der Waals surface area contributed by atoms with Gasteiger partial charge in [-0.25, -0.2) is 4.79 Å². The van der Waals surface area contributed by atoms with Crippen LogP contribution < -0.4 is 10.1 Å². The van der Waals surface area contributed by atoms with Crippen molar-refractivity contribution in [1.29, 1.82) is 0 Å². The minimum absolute atomic E-state index is 0.0125. The SMILES string of the molecule is Cc1ccccc1OC[C@H](O)CN1C(=O)N[C@]2(CCCc3sccc32)C1=O. The van der Waals surface area contributed by atoms with E-state index < -0.39 is 17.7 Å². The summed E-state index contributed by atoms with van der Waals surface area (Å²) in [5, 5.41) is 15.2. The van der Waals surface area contributed by atoms with Crippen molar-refractivity contribution >= 4 is 23.3 Å². The molecule has 0 bridgehead atoms. The maximum atomic E-state index is 13.1. The molecule has 2 aromatic rings. The number of fused-ring (bicyclic) bond motifs is 2. The van der Waals surface area contributed by atoms with Crippen LogP contribution in [0.5, 0.6) is 5.75 Å². The number of aliphatic hydroxyl groups excluding tert-OH is 1. The van der Waals surface area contributed by atoms with Crippen molar-refractivity contribution in [3.8, 4) is 5.75 Å². The van der Waals surface area contributed by atoms with Crippen LogP contribution in [0.4, 0.5) is 4.79 Å². The Balaban J connectivity index is 1.45. The number of nitrogens with one attached hydrogen (secondary N) is 1. The first kappa shape index (κ1) is 18.0. The van der Waals surface area contributed by atoms with Gasteiger partial charge in [-0.15, -0.1) is 11.3 Å². The smallest absolute Gasteiger partial charge is 0.325 e. The van der Waals surface area contributed by atoms with Crippen LogP contribution in [0.1, 0.15) is 28.8 Å². The van der Waals surface area contributed by atoms with E-state index in [2.05, 4.69) is 5.32 Å². The number of carbonyl (C=O) groups excluding carboxylic acids is 2. The molecule has 7 heteroatoms. The number of nitrogens with zero attached hydrogens (tertiary/aromatic N) is 1. The zero-order valence-electron chi connectivity index (χ0n) is 15.1. The van der Waals surface area contributed by atoms with Gasteiger partial charge in [0, 0.05) is 10.4 Å². The first-order valence-electron chi connectivity index (χ1n) is 9.09. The van der Waals surface area contributed by atoms with Crippen LogP contribution >= 0.6 is 11.3 Å². The first-order chi connectivity index (χ1) is 13.0. The molecular weight excluding hydrogens is 364 g/mol. The molecule has 3 amide bonds. The van der Waals surface area contributed by atoms with E-state index in [1.165, 1.54) is 0 Å². The van der Waals surface area contributed by atoms with E-state index in [1.807, 2.05) is 42.6 Å². The Labute approximate surface area is 161 Å². The standard InChI is InChI=1S/C20H22N2O4S/c1-13-5-2-3-6-16(13)26-12-14(23)11-22-18(24)20(21-19(22)25)9-4-7-17-15(20)8-10-27-17/h2-3,5-6,8,10,14,23H,4,7,9,11-12H2,1H3,(H,21,25)/t14-,20+/m1/s1. The zero-order valence-corrected chi connectivity index (χ0v) is 15.9. The van der Waals surface area contributed by atoms with Crippen LogP contribution in [-0.4, -0.2) is 41.2 Å². The Morgan fingerprint density at radius 2 is 2.15 bits per heavy atom. The molecule has 142 valence electrons. The molecule has 0 radical (unpaired) electrons. The second-order valence-corrected chi connectivity index (χ2v) is 8.09. The Morgan fingerprint density at radius 3 is 2.96 bits per heavy atom. The molecule has 2 N–H and O–H groups in total.